The summed E-state index contributed by atoms with van der Waals surface area (Å²) in [7, 11) is 6.66. The Morgan fingerprint density at radius 2 is 1.78 bits per heavy atom. The standard InChI is InChI=1S/C26H29N3O7/c1-6-7-11-10-15(28(2)3)13-8-12-9-14-19(29(4)5)22(32)18(25(27)35)24(34)26(14,36)23(33)16(12)21(31)17(13)20(11)30/h10,12,14,16,18-19,30,36H,8-9H2,1-5H3,(H2,27,35)/t12-,14-,16?,18?,19+,26-/m0/s1. The first-order valence-electron chi connectivity index (χ1n) is 11.6. The van der Waals surface area contributed by atoms with Gasteiger partial charge in [0.15, 0.2) is 34.7 Å². The summed E-state index contributed by atoms with van der Waals surface area (Å²) in [6, 6.07) is 0.544. The van der Waals surface area contributed by atoms with Crippen LogP contribution in [0.3, 0.4) is 0 Å². The minimum atomic E-state index is -2.74. The first-order valence-corrected chi connectivity index (χ1v) is 11.6. The van der Waals surface area contributed by atoms with E-state index in [1.165, 1.54) is 4.90 Å². The van der Waals surface area contributed by atoms with Gasteiger partial charge in [0.25, 0.3) is 0 Å². The summed E-state index contributed by atoms with van der Waals surface area (Å²) in [6.45, 7) is 1.58. The molecule has 6 atom stereocenters. The van der Waals surface area contributed by atoms with Crippen molar-refractivity contribution in [3.63, 3.8) is 0 Å². The molecular formula is C26H29N3O7. The zero-order valence-electron chi connectivity index (χ0n) is 20.8. The Balaban J connectivity index is 1.92. The number of carbonyl (C=O) groups is 5. The third-order valence-electron chi connectivity index (χ3n) is 7.78. The summed E-state index contributed by atoms with van der Waals surface area (Å²) in [5.74, 6) is -5.21. The average molecular weight is 496 g/mol. The largest absolute Gasteiger partial charge is 0.506 e. The van der Waals surface area contributed by atoms with E-state index < -0.39 is 64.4 Å². The molecule has 2 fully saturated rings. The van der Waals surface area contributed by atoms with Gasteiger partial charge < -0.3 is 20.8 Å². The van der Waals surface area contributed by atoms with Crippen molar-refractivity contribution < 1.29 is 34.2 Å². The van der Waals surface area contributed by atoms with E-state index in [-0.39, 0.29) is 29.7 Å². The number of primary amides is 1. The van der Waals surface area contributed by atoms with Gasteiger partial charge in [-0.1, -0.05) is 5.92 Å². The number of aliphatic hydroxyl groups is 1. The van der Waals surface area contributed by atoms with Crippen LogP contribution < -0.4 is 10.6 Å². The zero-order chi connectivity index (χ0) is 26.9. The summed E-state index contributed by atoms with van der Waals surface area (Å²) >= 11 is 0. The highest BCUT2D eigenvalue weighted by atomic mass is 16.3. The highest BCUT2D eigenvalue weighted by Crippen LogP contribution is 2.52. The number of fused-ring (bicyclic) bond motifs is 3. The van der Waals surface area contributed by atoms with Crippen molar-refractivity contribution >= 4 is 34.7 Å². The van der Waals surface area contributed by atoms with E-state index in [9.17, 15) is 34.2 Å². The molecule has 190 valence electrons. The van der Waals surface area contributed by atoms with Crippen LogP contribution in [0.1, 0.15) is 34.8 Å². The molecule has 1 aromatic carbocycles. The van der Waals surface area contributed by atoms with Gasteiger partial charge in [-0.05, 0) is 51.4 Å². The number of aromatic hydroxyl groups is 1. The molecule has 4 rings (SSSR count). The maximum Gasteiger partial charge on any atom is 0.235 e. The SMILES string of the molecule is CC#Cc1cc(N(C)C)c2c(c1O)C(=O)C1C(=O)[C@]3(O)C(=O)C(C(N)=O)C(=O)[C@H](N(C)C)[C@@H]3C[C@@H]1C2. The second-order valence-corrected chi connectivity index (χ2v) is 10.2. The maximum absolute atomic E-state index is 13.8. The van der Waals surface area contributed by atoms with Crippen LogP contribution >= 0.6 is 0 Å². The molecule has 0 aliphatic heterocycles. The second kappa shape index (κ2) is 8.54. The summed E-state index contributed by atoms with van der Waals surface area (Å²) in [4.78, 5) is 69.3. The number of nitrogens with two attached hydrogens (primary N) is 1. The Labute approximate surface area is 208 Å². The average Bonchev–Trinajstić information content (AvgIpc) is 2.77. The third-order valence-corrected chi connectivity index (χ3v) is 7.78. The highest BCUT2D eigenvalue weighted by Gasteiger charge is 2.69. The minimum Gasteiger partial charge on any atom is -0.506 e. The Kier molecular flexibility index (Phi) is 6.06. The number of likely N-dealkylation sites (N-methyl/N-ethyl adjacent to an activating group) is 1. The van der Waals surface area contributed by atoms with E-state index in [0.717, 1.165) is 0 Å². The summed E-state index contributed by atoms with van der Waals surface area (Å²) in [5.41, 5.74) is 3.93. The van der Waals surface area contributed by atoms with Gasteiger partial charge in [0.1, 0.15) is 5.75 Å². The van der Waals surface area contributed by atoms with Gasteiger partial charge in [-0.3, -0.25) is 28.9 Å². The van der Waals surface area contributed by atoms with Crippen LogP contribution in [0.4, 0.5) is 5.69 Å². The number of benzene rings is 1. The van der Waals surface area contributed by atoms with E-state index in [2.05, 4.69) is 11.8 Å². The number of hydrogen-bond donors (Lipinski definition) is 3. The Hall–Kier alpha value is -3.55. The molecule has 0 radical (unpaired) electrons. The molecule has 0 heterocycles. The quantitative estimate of drug-likeness (QED) is 0.364. The van der Waals surface area contributed by atoms with Crippen LogP contribution in [0, 0.1) is 35.5 Å². The van der Waals surface area contributed by atoms with Crippen molar-refractivity contribution in [2.75, 3.05) is 33.1 Å². The van der Waals surface area contributed by atoms with Gasteiger partial charge in [0.05, 0.1) is 23.1 Å². The van der Waals surface area contributed by atoms with Crippen LogP contribution in [0.15, 0.2) is 6.07 Å². The molecule has 10 heteroatoms. The number of amides is 1. The Morgan fingerprint density at radius 1 is 1.14 bits per heavy atom. The number of hydrogen-bond acceptors (Lipinski definition) is 9. The molecule has 10 nitrogen and oxygen atoms in total. The first kappa shape index (κ1) is 25.5. The molecule has 0 bridgehead atoms. The van der Waals surface area contributed by atoms with Crippen molar-refractivity contribution in [1.29, 1.82) is 0 Å². The number of ketones is 4. The molecule has 3 aliphatic carbocycles. The van der Waals surface area contributed by atoms with E-state index in [1.807, 2.05) is 0 Å². The number of anilines is 1. The molecule has 1 amide bonds. The van der Waals surface area contributed by atoms with Crippen molar-refractivity contribution in [2.24, 2.45) is 29.4 Å². The number of Topliss-reactive ketones (excluding diaryl/α,β-unsaturated/α-hetero) is 4. The molecule has 0 aromatic heterocycles. The van der Waals surface area contributed by atoms with Crippen LogP contribution in [-0.2, 0) is 25.6 Å². The van der Waals surface area contributed by atoms with E-state index in [1.54, 1.807) is 46.1 Å². The lowest BCUT2D eigenvalue weighted by Gasteiger charge is -2.52. The lowest BCUT2D eigenvalue weighted by molar-refractivity contribution is -0.181. The van der Waals surface area contributed by atoms with E-state index in [0.29, 0.717) is 11.3 Å². The predicted octanol–water partition coefficient (Wildman–Crippen LogP) is -0.696. The van der Waals surface area contributed by atoms with Crippen LogP contribution in [0.5, 0.6) is 5.75 Å². The third kappa shape index (κ3) is 3.30. The molecule has 36 heavy (non-hydrogen) atoms. The Bertz CT molecular complexity index is 1290. The molecule has 2 unspecified atom stereocenters. The fourth-order valence-corrected chi connectivity index (χ4v) is 6.28. The minimum absolute atomic E-state index is 0.00798. The number of phenols is 1. The van der Waals surface area contributed by atoms with E-state index in [4.69, 9.17) is 5.73 Å². The molecule has 0 saturated heterocycles. The molecule has 1 aromatic rings. The lowest BCUT2D eigenvalue weighted by atomic mass is 9.52. The second-order valence-electron chi connectivity index (χ2n) is 10.2. The topological polar surface area (TPSA) is 158 Å². The molecule has 3 aliphatic rings. The van der Waals surface area contributed by atoms with E-state index >= 15 is 0 Å². The fraction of sp³-hybridized carbons (Fsp3) is 0.500. The van der Waals surface area contributed by atoms with Crippen molar-refractivity contribution in [3.05, 3.63) is 22.8 Å². The summed E-state index contributed by atoms with van der Waals surface area (Å²) < 4.78 is 0. The monoisotopic (exact) mass is 495 g/mol. The van der Waals surface area contributed by atoms with Gasteiger partial charge >= 0.3 is 0 Å². The number of phenolic OH excluding ortho intramolecular Hbond substituents is 1. The normalized spacial score (nSPS) is 31.2. The summed E-state index contributed by atoms with van der Waals surface area (Å²) in [6.07, 6.45) is 0.209. The van der Waals surface area contributed by atoms with Gasteiger partial charge in [-0.15, -0.1) is 5.92 Å². The van der Waals surface area contributed by atoms with Gasteiger partial charge in [-0.2, -0.15) is 0 Å². The van der Waals surface area contributed by atoms with Crippen LogP contribution in [0.25, 0.3) is 0 Å². The maximum atomic E-state index is 13.8. The molecule has 4 N–H and O–H groups in total. The zero-order valence-corrected chi connectivity index (χ0v) is 20.8. The fourth-order valence-electron chi connectivity index (χ4n) is 6.28. The first-order chi connectivity index (χ1) is 16.8. The van der Waals surface area contributed by atoms with Crippen molar-refractivity contribution in [3.8, 4) is 17.6 Å². The van der Waals surface area contributed by atoms with Crippen molar-refractivity contribution in [2.45, 2.75) is 31.4 Å². The smallest absolute Gasteiger partial charge is 0.235 e. The van der Waals surface area contributed by atoms with Gasteiger partial charge in [-0.25, -0.2) is 0 Å². The van der Waals surface area contributed by atoms with Crippen molar-refractivity contribution in [1.82, 2.24) is 4.90 Å². The predicted molar refractivity (Wildman–Crippen MR) is 128 cm³/mol. The summed E-state index contributed by atoms with van der Waals surface area (Å²) in [5, 5.41) is 22.5. The Morgan fingerprint density at radius 3 is 2.31 bits per heavy atom. The number of nitrogens with zero attached hydrogens (tertiary/aromatic N) is 2. The lowest BCUT2D eigenvalue weighted by Crippen LogP contribution is -2.74. The number of carbonyl (C=O) groups excluding carboxylic acids is 5. The highest BCUT2D eigenvalue weighted by molar-refractivity contribution is 6.32. The van der Waals surface area contributed by atoms with Crippen LogP contribution in [-0.4, -0.2) is 84.0 Å². The molecule has 2 saturated carbocycles. The molecule has 0 spiro atoms. The van der Waals surface area contributed by atoms with Gasteiger partial charge in [0, 0.05) is 25.7 Å². The molecular weight excluding hydrogens is 466 g/mol. The number of rotatable bonds is 3. The van der Waals surface area contributed by atoms with Gasteiger partial charge in [0.2, 0.25) is 5.91 Å². The van der Waals surface area contributed by atoms with Crippen LogP contribution in [0.2, 0.25) is 0 Å².